The van der Waals surface area contributed by atoms with Crippen molar-refractivity contribution in [3.8, 4) is 0 Å². The van der Waals surface area contributed by atoms with Gasteiger partial charge in [-0.15, -0.1) is 0 Å². The first-order chi connectivity index (χ1) is 8.79. The van der Waals surface area contributed by atoms with Crippen molar-refractivity contribution in [1.82, 2.24) is 10.4 Å². The Morgan fingerprint density at radius 1 is 0.889 bits per heavy atom. The molecule has 18 heavy (non-hydrogen) atoms. The van der Waals surface area contributed by atoms with Gasteiger partial charge < -0.3 is 0 Å². The number of hydrazine groups is 1. The first-order valence-corrected chi connectivity index (χ1v) is 7.38. The molecule has 1 N–H and O–H groups in total. The van der Waals surface area contributed by atoms with E-state index in [2.05, 4.69) is 5.43 Å². The van der Waals surface area contributed by atoms with Crippen molar-refractivity contribution >= 4 is 11.7 Å². The monoisotopic (exact) mass is 252 g/mol. The van der Waals surface area contributed by atoms with E-state index in [4.69, 9.17) is 0 Å². The summed E-state index contributed by atoms with van der Waals surface area (Å²) in [5.41, 5.74) is 3.08. The summed E-state index contributed by atoms with van der Waals surface area (Å²) in [5, 5.41) is 1.56. The van der Waals surface area contributed by atoms with E-state index < -0.39 is 0 Å². The van der Waals surface area contributed by atoms with Crippen molar-refractivity contribution in [2.75, 3.05) is 13.1 Å². The number of amides is 1. The Bertz CT molecular complexity index is 258. The molecule has 0 atom stereocenters. The molecule has 1 aliphatic heterocycles. The average molecular weight is 252 g/mol. The summed E-state index contributed by atoms with van der Waals surface area (Å²) in [5.74, 6) is -0.486. The highest BCUT2D eigenvalue weighted by molar-refractivity contribution is 6.36. The van der Waals surface area contributed by atoms with Crippen molar-refractivity contribution in [2.45, 2.75) is 57.8 Å². The zero-order valence-corrected chi connectivity index (χ0v) is 11.1. The summed E-state index contributed by atoms with van der Waals surface area (Å²) >= 11 is 0. The van der Waals surface area contributed by atoms with E-state index in [-0.39, 0.29) is 17.6 Å². The topological polar surface area (TPSA) is 49.4 Å². The summed E-state index contributed by atoms with van der Waals surface area (Å²) in [4.78, 5) is 24.4. The van der Waals surface area contributed by atoms with Crippen LogP contribution >= 0.6 is 0 Å². The molecular formula is C14H24N2O2. The molecule has 102 valence electrons. The van der Waals surface area contributed by atoms with Crippen LogP contribution in [0.3, 0.4) is 0 Å². The minimum absolute atomic E-state index is 0.0231. The molecule has 1 saturated heterocycles. The van der Waals surface area contributed by atoms with Gasteiger partial charge in [-0.2, -0.15) is 0 Å². The SMILES string of the molecule is O=C(C(=O)N1CCCCCN1)C1CCCCCC1. The predicted molar refractivity (Wildman–Crippen MR) is 69.8 cm³/mol. The third-order valence-electron chi connectivity index (χ3n) is 4.04. The Kier molecular flexibility index (Phi) is 5.17. The van der Waals surface area contributed by atoms with Gasteiger partial charge in [0.2, 0.25) is 5.78 Å². The van der Waals surface area contributed by atoms with E-state index in [1.165, 1.54) is 12.8 Å². The maximum absolute atomic E-state index is 12.2. The molecule has 0 radical (unpaired) electrons. The number of hydrogen-bond donors (Lipinski definition) is 1. The lowest BCUT2D eigenvalue weighted by Crippen LogP contribution is -2.47. The number of hydrogen-bond acceptors (Lipinski definition) is 3. The summed E-state index contributed by atoms with van der Waals surface area (Å²) in [6, 6.07) is 0. The van der Waals surface area contributed by atoms with Crippen LogP contribution in [0.5, 0.6) is 0 Å². The largest absolute Gasteiger partial charge is 0.304 e. The zero-order valence-electron chi connectivity index (χ0n) is 11.1. The van der Waals surface area contributed by atoms with Gasteiger partial charge in [-0.05, 0) is 25.7 Å². The molecule has 0 unspecified atom stereocenters. The number of carbonyl (C=O) groups is 2. The van der Waals surface area contributed by atoms with Crippen molar-refractivity contribution in [3.63, 3.8) is 0 Å². The Balaban J connectivity index is 1.91. The lowest BCUT2D eigenvalue weighted by molar-refractivity contribution is -0.149. The van der Waals surface area contributed by atoms with Crippen molar-refractivity contribution < 1.29 is 9.59 Å². The normalized spacial score (nSPS) is 23.2. The number of nitrogens with one attached hydrogen (secondary N) is 1. The molecule has 0 aromatic heterocycles. The smallest absolute Gasteiger partial charge is 0.288 e. The van der Waals surface area contributed by atoms with Crippen molar-refractivity contribution in [1.29, 1.82) is 0 Å². The van der Waals surface area contributed by atoms with E-state index >= 15 is 0 Å². The molecule has 0 aromatic rings. The van der Waals surface area contributed by atoms with Gasteiger partial charge in [-0.25, -0.2) is 5.43 Å². The highest BCUT2D eigenvalue weighted by Crippen LogP contribution is 2.24. The molecular weight excluding hydrogens is 228 g/mol. The zero-order chi connectivity index (χ0) is 12.8. The molecule has 1 heterocycles. The summed E-state index contributed by atoms with van der Waals surface area (Å²) in [7, 11) is 0. The number of nitrogens with zero attached hydrogens (tertiary/aromatic N) is 1. The van der Waals surface area contributed by atoms with Crippen LogP contribution in [-0.4, -0.2) is 29.8 Å². The molecule has 4 nitrogen and oxygen atoms in total. The molecule has 2 fully saturated rings. The molecule has 2 aliphatic rings. The standard InChI is InChI=1S/C14H24N2O2/c17-13(12-8-4-1-2-5-9-12)14(18)16-11-7-3-6-10-15-16/h12,15H,1-11H2. The van der Waals surface area contributed by atoms with Gasteiger partial charge in [0.15, 0.2) is 0 Å². The van der Waals surface area contributed by atoms with E-state index in [9.17, 15) is 9.59 Å². The van der Waals surface area contributed by atoms with Gasteiger partial charge in [-0.1, -0.05) is 32.1 Å². The van der Waals surface area contributed by atoms with E-state index in [1.807, 2.05) is 0 Å². The minimum atomic E-state index is -0.302. The summed E-state index contributed by atoms with van der Waals surface area (Å²) in [6.07, 6.45) is 9.62. The van der Waals surface area contributed by atoms with Crippen LogP contribution in [0.25, 0.3) is 0 Å². The number of rotatable bonds is 2. The maximum atomic E-state index is 12.2. The lowest BCUT2D eigenvalue weighted by Gasteiger charge is -2.22. The molecule has 4 heteroatoms. The first kappa shape index (κ1) is 13.5. The van der Waals surface area contributed by atoms with Crippen LogP contribution in [0.4, 0.5) is 0 Å². The predicted octanol–water partition coefficient (Wildman–Crippen LogP) is 2.04. The highest BCUT2D eigenvalue weighted by atomic mass is 16.2. The van der Waals surface area contributed by atoms with Gasteiger partial charge in [0.1, 0.15) is 0 Å². The van der Waals surface area contributed by atoms with Crippen LogP contribution in [0.15, 0.2) is 0 Å². The minimum Gasteiger partial charge on any atom is -0.288 e. The van der Waals surface area contributed by atoms with Crippen LogP contribution in [0, 0.1) is 5.92 Å². The lowest BCUT2D eigenvalue weighted by atomic mass is 9.95. The maximum Gasteiger partial charge on any atom is 0.304 e. The van der Waals surface area contributed by atoms with E-state index in [1.54, 1.807) is 5.01 Å². The van der Waals surface area contributed by atoms with Gasteiger partial charge >= 0.3 is 5.91 Å². The number of carbonyl (C=O) groups excluding carboxylic acids is 2. The third kappa shape index (κ3) is 3.55. The van der Waals surface area contributed by atoms with Gasteiger partial charge in [0, 0.05) is 19.0 Å². The first-order valence-electron chi connectivity index (χ1n) is 7.38. The summed E-state index contributed by atoms with van der Waals surface area (Å²) in [6.45, 7) is 1.49. The molecule has 0 aromatic carbocycles. The van der Waals surface area contributed by atoms with Crippen molar-refractivity contribution in [2.24, 2.45) is 5.92 Å². The van der Waals surface area contributed by atoms with Gasteiger partial charge in [0.05, 0.1) is 0 Å². The van der Waals surface area contributed by atoms with Crippen LogP contribution < -0.4 is 5.43 Å². The highest BCUT2D eigenvalue weighted by Gasteiger charge is 2.29. The fraction of sp³-hybridized carbons (Fsp3) is 0.857. The molecule has 0 spiro atoms. The Morgan fingerprint density at radius 2 is 1.56 bits per heavy atom. The summed E-state index contributed by atoms with van der Waals surface area (Å²) < 4.78 is 0. The molecule has 0 bridgehead atoms. The van der Waals surface area contributed by atoms with Crippen LogP contribution in [-0.2, 0) is 9.59 Å². The Morgan fingerprint density at radius 3 is 2.28 bits per heavy atom. The van der Waals surface area contributed by atoms with E-state index in [0.29, 0.717) is 6.54 Å². The van der Waals surface area contributed by atoms with Crippen molar-refractivity contribution in [3.05, 3.63) is 0 Å². The molecule has 1 aliphatic carbocycles. The Labute approximate surface area is 109 Å². The molecule has 1 saturated carbocycles. The second kappa shape index (κ2) is 6.88. The average Bonchev–Trinajstić information content (AvgIpc) is 2.81. The van der Waals surface area contributed by atoms with Crippen LogP contribution in [0.2, 0.25) is 0 Å². The Hall–Kier alpha value is -0.900. The molecule has 2 rings (SSSR count). The van der Waals surface area contributed by atoms with E-state index in [0.717, 1.165) is 51.5 Å². The quantitative estimate of drug-likeness (QED) is 0.604. The number of Topliss-reactive ketones (excluding diaryl/α,β-unsaturated/α-hetero) is 1. The van der Waals surface area contributed by atoms with Crippen LogP contribution in [0.1, 0.15) is 57.8 Å². The fourth-order valence-electron chi connectivity index (χ4n) is 2.89. The van der Waals surface area contributed by atoms with Gasteiger partial charge in [-0.3, -0.25) is 14.6 Å². The molecule has 1 amide bonds. The fourth-order valence-corrected chi connectivity index (χ4v) is 2.89. The second-order valence-electron chi connectivity index (χ2n) is 5.48. The third-order valence-corrected chi connectivity index (χ3v) is 4.04. The number of ketones is 1. The second-order valence-corrected chi connectivity index (χ2v) is 5.48. The van der Waals surface area contributed by atoms with Gasteiger partial charge in [0.25, 0.3) is 0 Å².